The van der Waals surface area contributed by atoms with E-state index in [9.17, 15) is 0 Å². The minimum absolute atomic E-state index is 0.166. The summed E-state index contributed by atoms with van der Waals surface area (Å²) in [5, 5.41) is 3.75. The second-order valence-electron chi connectivity index (χ2n) is 4.53. The van der Waals surface area contributed by atoms with Crippen molar-refractivity contribution in [2.45, 2.75) is 39.0 Å². The molecule has 96 valence electrons. The summed E-state index contributed by atoms with van der Waals surface area (Å²) in [4.78, 5) is 4.34. The van der Waals surface area contributed by atoms with Gasteiger partial charge in [-0.3, -0.25) is 0 Å². The molecule has 0 aliphatic rings. The van der Waals surface area contributed by atoms with Gasteiger partial charge in [0.2, 0.25) is 5.89 Å². The molecule has 2 aromatic rings. The molecule has 0 aliphatic carbocycles. The molecule has 18 heavy (non-hydrogen) atoms. The maximum atomic E-state index is 6.08. The molecule has 1 heterocycles. The van der Waals surface area contributed by atoms with Gasteiger partial charge in [0.15, 0.2) is 5.82 Å². The van der Waals surface area contributed by atoms with E-state index < -0.39 is 0 Å². The fourth-order valence-corrected chi connectivity index (χ4v) is 1.89. The van der Waals surface area contributed by atoms with Crippen LogP contribution >= 0.6 is 11.6 Å². The van der Waals surface area contributed by atoms with E-state index in [1.54, 1.807) is 0 Å². The monoisotopic (exact) mass is 264 g/mol. The summed E-state index contributed by atoms with van der Waals surface area (Å²) >= 11 is 6.08. The second-order valence-corrected chi connectivity index (χ2v) is 5.06. The molecule has 1 atom stereocenters. The molecule has 0 saturated carbocycles. The lowest BCUT2D eigenvalue weighted by atomic mass is 10.0. The fourth-order valence-electron chi connectivity index (χ4n) is 1.80. The van der Waals surface area contributed by atoms with Crippen LogP contribution in [-0.4, -0.2) is 10.1 Å². The van der Waals surface area contributed by atoms with Crippen molar-refractivity contribution in [2.24, 2.45) is 0 Å². The van der Waals surface area contributed by atoms with Crippen LogP contribution in [0.1, 0.15) is 47.1 Å². The van der Waals surface area contributed by atoms with Gasteiger partial charge in [-0.05, 0) is 31.4 Å². The number of nitrogens with zero attached hydrogens (tertiary/aromatic N) is 2. The van der Waals surface area contributed by atoms with Gasteiger partial charge < -0.3 is 4.52 Å². The highest BCUT2D eigenvalue weighted by Crippen LogP contribution is 2.22. The van der Waals surface area contributed by atoms with Crippen LogP contribution in [0.5, 0.6) is 0 Å². The summed E-state index contributed by atoms with van der Waals surface area (Å²) in [5.74, 6) is 1.21. The Labute approximate surface area is 112 Å². The number of hydrogen-bond donors (Lipinski definition) is 0. The van der Waals surface area contributed by atoms with E-state index in [-0.39, 0.29) is 5.38 Å². The first-order valence-electron chi connectivity index (χ1n) is 6.12. The van der Waals surface area contributed by atoms with Crippen molar-refractivity contribution in [1.29, 1.82) is 0 Å². The molecule has 0 bridgehead atoms. The van der Waals surface area contributed by atoms with Crippen LogP contribution in [0, 0.1) is 13.8 Å². The summed E-state index contributed by atoms with van der Waals surface area (Å²) in [6.07, 6.45) is 1.46. The number of halogens is 1. The summed E-state index contributed by atoms with van der Waals surface area (Å²) in [6, 6.07) is 6.36. The van der Waals surface area contributed by atoms with Crippen molar-refractivity contribution in [2.75, 3.05) is 0 Å². The molecular weight excluding hydrogens is 248 g/mol. The molecule has 0 N–H and O–H groups in total. The van der Waals surface area contributed by atoms with Gasteiger partial charge in [-0.15, -0.1) is 11.6 Å². The van der Waals surface area contributed by atoms with E-state index in [1.165, 1.54) is 16.7 Å². The molecule has 2 rings (SSSR count). The van der Waals surface area contributed by atoms with Crippen molar-refractivity contribution >= 4 is 11.6 Å². The Morgan fingerprint density at radius 1 is 1.33 bits per heavy atom. The zero-order valence-electron chi connectivity index (χ0n) is 10.9. The topological polar surface area (TPSA) is 38.9 Å². The van der Waals surface area contributed by atoms with Gasteiger partial charge in [0.05, 0.1) is 11.8 Å². The van der Waals surface area contributed by atoms with Crippen LogP contribution in [0.2, 0.25) is 0 Å². The van der Waals surface area contributed by atoms with E-state index in [1.807, 2.05) is 6.92 Å². The van der Waals surface area contributed by atoms with E-state index in [0.717, 1.165) is 6.42 Å². The summed E-state index contributed by atoms with van der Waals surface area (Å²) < 4.78 is 5.24. The van der Waals surface area contributed by atoms with E-state index in [2.05, 4.69) is 42.2 Å². The van der Waals surface area contributed by atoms with Crippen LogP contribution in [0.3, 0.4) is 0 Å². The first-order chi connectivity index (χ1) is 8.60. The number of aryl methyl sites for hydroxylation is 2. The van der Waals surface area contributed by atoms with Crippen molar-refractivity contribution in [3.8, 4) is 0 Å². The SMILES string of the molecule is CCC(Cl)c1noc(Cc2cc(C)ccc2C)n1. The Morgan fingerprint density at radius 3 is 2.83 bits per heavy atom. The predicted octanol–water partition coefficient (Wildman–Crippen LogP) is 3.97. The number of benzene rings is 1. The van der Waals surface area contributed by atoms with Gasteiger partial charge in [0.25, 0.3) is 0 Å². The van der Waals surface area contributed by atoms with Gasteiger partial charge in [0, 0.05) is 0 Å². The molecule has 0 amide bonds. The number of alkyl halides is 1. The first kappa shape index (κ1) is 13.1. The molecule has 3 nitrogen and oxygen atoms in total. The molecule has 0 aliphatic heterocycles. The van der Waals surface area contributed by atoms with Crippen LogP contribution in [0.4, 0.5) is 0 Å². The molecule has 0 spiro atoms. The van der Waals surface area contributed by atoms with E-state index in [4.69, 9.17) is 16.1 Å². The third-order valence-electron chi connectivity index (χ3n) is 2.97. The van der Waals surface area contributed by atoms with E-state index in [0.29, 0.717) is 18.1 Å². The number of rotatable bonds is 4. The molecule has 0 fully saturated rings. The fraction of sp³-hybridized carbons (Fsp3) is 0.429. The standard InChI is InChI=1S/C14H17ClN2O/c1-4-12(15)14-16-13(18-17-14)8-11-7-9(2)5-6-10(11)3/h5-7,12H,4,8H2,1-3H3. The van der Waals surface area contributed by atoms with Crippen LogP contribution in [-0.2, 0) is 6.42 Å². The molecular formula is C14H17ClN2O. The van der Waals surface area contributed by atoms with Crippen molar-refractivity contribution < 1.29 is 4.52 Å². The third kappa shape index (κ3) is 2.91. The van der Waals surface area contributed by atoms with Gasteiger partial charge in [0.1, 0.15) is 0 Å². The van der Waals surface area contributed by atoms with Crippen LogP contribution in [0.15, 0.2) is 22.7 Å². The Balaban J connectivity index is 2.18. The lowest BCUT2D eigenvalue weighted by Crippen LogP contribution is -1.95. The minimum Gasteiger partial charge on any atom is -0.339 e. The zero-order valence-corrected chi connectivity index (χ0v) is 11.7. The summed E-state index contributed by atoms with van der Waals surface area (Å²) in [5.41, 5.74) is 3.69. The molecule has 1 unspecified atom stereocenters. The van der Waals surface area contributed by atoms with Crippen molar-refractivity contribution in [3.05, 3.63) is 46.6 Å². The normalized spacial score (nSPS) is 12.7. The maximum absolute atomic E-state index is 6.08. The average molecular weight is 265 g/mol. The largest absolute Gasteiger partial charge is 0.339 e. The number of aromatic nitrogens is 2. The summed E-state index contributed by atoms with van der Waals surface area (Å²) in [7, 11) is 0. The third-order valence-corrected chi connectivity index (χ3v) is 3.47. The lowest BCUT2D eigenvalue weighted by molar-refractivity contribution is 0.378. The highest BCUT2D eigenvalue weighted by molar-refractivity contribution is 6.20. The molecule has 1 aromatic heterocycles. The van der Waals surface area contributed by atoms with Gasteiger partial charge >= 0.3 is 0 Å². The van der Waals surface area contributed by atoms with Gasteiger partial charge in [-0.1, -0.05) is 35.8 Å². The average Bonchev–Trinajstić information content (AvgIpc) is 2.81. The second kappa shape index (κ2) is 5.53. The molecule has 4 heteroatoms. The molecule has 0 radical (unpaired) electrons. The molecule has 1 aromatic carbocycles. The highest BCUT2D eigenvalue weighted by atomic mass is 35.5. The zero-order chi connectivity index (χ0) is 13.1. The van der Waals surface area contributed by atoms with Crippen molar-refractivity contribution in [1.82, 2.24) is 10.1 Å². The van der Waals surface area contributed by atoms with Crippen LogP contribution < -0.4 is 0 Å². The Morgan fingerprint density at radius 2 is 2.11 bits per heavy atom. The van der Waals surface area contributed by atoms with Gasteiger partial charge in [-0.2, -0.15) is 4.98 Å². The smallest absolute Gasteiger partial charge is 0.231 e. The van der Waals surface area contributed by atoms with Crippen LogP contribution in [0.25, 0.3) is 0 Å². The highest BCUT2D eigenvalue weighted by Gasteiger charge is 2.14. The minimum atomic E-state index is -0.166. The maximum Gasteiger partial charge on any atom is 0.231 e. The van der Waals surface area contributed by atoms with Crippen molar-refractivity contribution in [3.63, 3.8) is 0 Å². The number of hydrogen-bond acceptors (Lipinski definition) is 3. The summed E-state index contributed by atoms with van der Waals surface area (Å²) in [6.45, 7) is 6.16. The Hall–Kier alpha value is -1.35. The van der Waals surface area contributed by atoms with E-state index >= 15 is 0 Å². The quantitative estimate of drug-likeness (QED) is 0.785. The predicted molar refractivity (Wildman–Crippen MR) is 71.9 cm³/mol. The van der Waals surface area contributed by atoms with Gasteiger partial charge in [-0.25, -0.2) is 0 Å². The Kier molecular flexibility index (Phi) is 4.02. The lowest BCUT2D eigenvalue weighted by Gasteiger charge is -2.03. The molecule has 0 saturated heterocycles. The Bertz CT molecular complexity index is 536. The first-order valence-corrected chi connectivity index (χ1v) is 6.56.